The number of likely N-dealkylation sites (tertiary alicyclic amines) is 1. The van der Waals surface area contributed by atoms with Crippen molar-refractivity contribution in [3.8, 4) is 16.9 Å². The van der Waals surface area contributed by atoms with Crippen LogP contribution in [0.25, 0.3) is 21.3 Å². The lowest BCUT2D eigenvalue weighted by Crippen LogP contribution is -2.30. The first-order valence-corrected chi connectivity index (χ1v) is 10.4. The van der Waals surface area contributed by atoms with Crippen molar-refractivity contribution >= 4 is 38.5 Å². The summed E-state index contributed by atoms with van der Waals surface area (Å²) in [4.78, 5) is 33.8. The molecular formula is C21H22N4O3S. The molecule has 0 spiro atoms. The summed E-state index contributed by atoms with van der Waals surface area (Å²) in [5, 5.41) is 3.31. The molecule has 1 aliphatic heterocycles. The zero-order valence-electron chi connectivity index (χ0n) is 16.3. The fraction of sp³-hybridized carbons (Fsp3) is 0.333. The molecule has 3 aromatic rings. The van der Waals surface area contributed by atoms with Crippen LogP contribution in [0.5, 0.6) is 5.75 Å². The van der Waals surface area contributed by atoms with Gasteiger partial charge in [0.25, 0.3) is 0 Å². The Morgan fingerprint density at radius 3 is 2.93 bits per heavy atom. The number of carbonyl (C=O) groups excluding carboxylic acids is 2. The highest BCUT2D eigenvalue weighted by Crippen LogP contribution is 2.31. The summed E-state index contributed by atoms with van der Waals surface area (Å²) in [7, 11) is 0. The summed E-state index contributed by atoms with van der Waals surface area (Å²) < 4.78 is 6.82. The third kappa shape index (κ3) is 4.37. The maximum atomic E-state index is 12.0. The van der Waals surface area contributed by atoms with Gasteiger partial charge in [0.2, 0.25) is 11.8 Å². The summed E-state index contributed by atoms with van der Waals surface area (Å²) in [5.41, 5.74) is 2.77. The summed E-state index contributed by atoms with van der Waals surface area (Å²) in [5.74, 6) is 0.860. The molecule has 7 nitrogen and oxygen atoms in total. The number of rotatable bonds is 6. The predicted molar refractivity (Wildman–Crippen MR) is 113 cm³/mol. The largest absolute Gasteiger partial charge is 0.490 e. The Hall–Kier alpha value is -3.00. The van der Waals surface area contributed by atoms with Gasteiger partial charge in [0.15, 0.2) is 5.13 Å². The molecule has 2 amide bonds. The molecule has 1 atom stereocenters. The summed E-state index contributed by atoms with van der Waals surface area (Å²) >= 11 is 1.43. The monoisotopic (exact) mass is 410 g/mol. The fourth-order valence-corrected chi connectivity index (χ4v) is 4.31. The number of amides is 2. The molecule has 2 aromatic heterocycles. The van der Waals surface area contributed by atoms with E-state index in [1.54, 1.807) is 12.4 Å². The van der Waals surface area contributed by atoms with Gasteiger partial charge in [0.1, 0.15) is 12.4 Å². The number of fused-ring (bicyclic) bond motifs is 1. The number of nitrogens with zero attached hydrogens (tertiary/aromatic N) is 3. The van der Waals surface area contributed by atoms with Gasteiger partial charge in [0.05, 0.1) is 23.0 Å². The number of thiazole rings is 1. The second kappa shape index (κ2) is 8.16. The van der Waals surface area contributed by atoms with Gasteiger partial charge in [-0.25, -0.2) is 4.98 Å². The van der Waals surface area contributed by atoms with E-state index in [-0.39, 0.29) is 17.7 Å². The molecule has 0 radical (unpaired) electrons. The minimum atomic E-state index is -0.136. The van der Waals surface area contributed by atoms with E-state index < -0.39 is 0 Å². The van der Waals surface area contributed by atoms with Crippen molar-refractivity contribution in [1.29, 1.82) is 0 Å². The summed E-state index contributed by atoms with van der Waals surface area (Å²) in [6.45, 7) is 5.27. The highest BCUT2D eigenvalue weighted by molar-refractivity contribution is 7.22. The molecule has 150 valence electrons. The molecule has 1 fully saturated rings. The quantitative estimate of drug-likeness (QED) is 0.672. The summed E-state index contributed by atoms with van der Waals surface area (Å²) in [6, 6.07) is 7.88. The van der Waals surface area contributed by atoms with Gasteiger partial charge in [-0.3, -0.25) is 14.6 Å². The zero-order valence-corrected chi connectivity index (χ0v) is 17.2. The number of ether oxygens (including phenoxy) is 1. The Kier molecular flexibility index (Phi) is 5.44. The van der Waals surface area contributed by atoms with Gasteiger partial charge >= 0.3 is 0 Å². The van der Waals surface area contributed by atoms with Gasteiger partial charge in [0, 0.05) is 31.1 Å². The second-order valence-corrected chi connectivity index (χ2v) is 8.19. The van der Waals surface area contributed by atoms with Crippen LogP contribution in [0.3, 0.4) is 0 Å². The molecule has 0 bridgehead atoms. The predicted octanol–water partition coefficient (Wildman–Crippen LogP) is 3.56. The normalized spacial score (nSPS) is 16.4. The van der Waals surface area contributed by atoms with E-state index in [9.17, 15) is 9.59 Å². The lowest BCUT2D eigenvalue weighted by molar-refractivity contribution is -0.130. The average Bonchev–Trinajstić information content (AvgIpc) is 3.24. The van der Waals surface area contributed by atoms with E-state index in [1.807, 2.05) is 36.1 Å². The van der Waals surface area contributed by atoms with Gasteiger partial charge in [-0.15, -0.1) is 0 Å². The smallest absolute Gasteiger partial charge is 0.225 e. The molecule has 1 unspecified atom stereocenters. The number of nitrogens with one attached hydrogen (secondary N) is 1. The van der Waals surface area contributed by atoms with E-state index >= 15 is 0 Å². The van der Waals surface area contributed by atoms with Crippen LogP contribution < -0.4 is 10.1 Å². The number of carbonyl (C=O) groups is 2. The third-order valence-corrected chi connectivity index (χ3v) is 5.85. The lowest BCUT2D eigenvalue weighted by Gasteiger charge is -2.16. The number of aromatic nitrogens is 2. The molecule has 0 aliphatic carbocycles. The molecule has 4 rings (SSSR count). The van der Waals surface area contributed by atoms with Crippen LogP contribution in [0.15, 0.2) is 36.7 Å². The Balaban J connectivity index is 1.45. The van der Waals surface area contributed by atoms with E-state index in [4.69, 9.17) is 4.74 Å². The standard InChI is InChI=1S/C21H22N4O3S/c1-13-5-6-25(20(13)27)7-8-28-17-9-16(11-22-12-17)15-3-4-18-19(10-15)29-21(24-18)23-14(2)26/h3-4,9-13H,5-8H2,1-2H3,(H,23,24,26). The minimum Gasteiger partial charge on any atom is -0.490 e. The van der Waals surface area contributed by atoms with E-state index in [2.05, 4.69) is 15.3 Å². The SMILES string of the molecule is CC(=O)Nc1nc2ccc(-c3cncc(OCCN4CCC(C)C4=O)c3)cc2s1. The Labute approximate surface area is 172 Å². The number of pyridine rings is 1. The van der Waals surface area contributed by atoms with E-state index in [1.165, 1.54) is 18.3 Å². The maximum absolute atomic E-state index is 12.0. The number of hydrogen-bond acceptors (Lipinski definition) is 6. The number of hydrogen-bond donors (Lipinski definition) is 1. The van der Waals surface area contributed by atoms with Crippen molar-refractivity contribution in [3.05, 3.63) is 36.7 Å². The highest BCUT2D eigenvalue weighted by Gasteiger charge is 2.27. The minimum absolute atomic E-state index is 0.118. The van der Waals surface area contributed by atoms with Crippen LogP contribution in [0, 0.1) is 5.92 Å². The van der Waals surface area contributed by atoms with Crippen molar-refractivity contribution < 1.29 is 14.3 Å². The van der Waals surface area contributed by atoms with Crippen LogP contribution in [-0.2, 0) is 9.59 Å². The molecule has 8 heteroatoms. The molecule has 3 heterocycles. The number of anilines is 1. The van der Waals surface area contributed by atoms with Crippen molar-refractivity contribution in [2.24, 2.45) is 5.92 Å². The van der Waals surface area contributed by atoms with E-state index in [0.29, 0.717) is 24.0 Å². The van der Waals surface area contributed by atoms with E-state index in [0.717, 1.165) is 34.3 Å². The van der Waals surface area contributed by atoms with Gasteiger partial charge in [-0.2, -0.15) is 0 Å². The molecule has 1 N–H and O–H groups in total. The first-order valence-electron chi connectivity index (χ1n) is 9.55. The molecule has 29 heavy (non-hydrogen) atoms. The van der Waals surface area contributed by atoms with Crippen LogP contribution >= 0.6 is 11.3 Å². The Bertz CT molecular complexity index is 1070. The van der Waals surface area contributed by atoms with Crippen molar-refractivity contribution in [3.63, 3.8) is 0 Å². The molecule has 1 aliphatic rings. The second-order valence-electron chi connectivity index (χ2n) is 7.16. The van der Waals surface area contributed by atoms with Crippen molar-refractivity contribution in [1.82, 2.24) is 14.9 Å². The average molecular weight is 410 g/mol. The number of benzene rings is 1. The topological polar surface area (TPSA) is 84.4 Å². The zero-order chi connectivity index (χ0) is 20.4. The lowest BCUT2D eigenvalue weighted by atomic mass is 10.1. The Morgan fingerprint density at radius 2 is 2.17 bits per heavy atom. The first kappa shape index (κ1) is 19.3. The molecule has 0 saturated carbocycles. The van der Waals surface area contributed by atoms with Crippen molar-refractivity contribution in [2.75, 3.05) is 25.0 Å². The van der Waals surface area contributed by atoms with Crippen molar-refractivity contribution in [2.45, 2.75) is 20.3 Å². The summed E-state index contributed by atoms with van der Waals surface area (Å²) in [6.07, 6.45) is 4.38. The van der Waals surface area contributed by atoms with Gasteiger partial charge < -0.3 is 15.0 Å². The Morgan fingerprint density at radius 1 is 1.31 bits per heavy atom. The maximum Gasteiger partial charge on any atom is 0.225 e. The van der Waals surface area contributed by atoms with Gasteiger partial charge in [-0.1, -0.05) is 24.3 Å². The van der Waals surface area contributed by atoms with Crippen LogP contribution in [0.4, 0.5) is 5.13 Å². The van der Waals surface area contributed by atoms with Crippen LogP contribution in [-0.4, -0.2) is 46.4 Å². The molecule has 1 aromatic carbocycles. The van der Waals surface area contributed by atoms with Crippen LogP contribution in [0.1, 0.15) is 20.3 Å². The third-order valence-electron chi connectivity index (χ3n) is 4.91. The molecular weight excluding hydrogens is 388 g/mol. The highest BCUT2D eigenvalue weighted by atomic mass is 32.1. The van der Waals surface area contributed by atoms with Crippen LogP contribution in [0.2, 0.25) is 0 Å². The van der Waals surface area contributed by atoms with Gasteiger partial charge in [-0.05, 0) is 30.2 Å². The first-order chi connectivity index (χ1) is 14.0. The molecule has 1 saturated heterocycles. The fourth-order valence-electron chi connectivity index (χ4n) is 3.35.